The summed E-state index contributed by atoms with van der Waals surface area (Å²) in [5.74, 6) is 0.0795. The molecular weight excluding hydrogens is 252 g/mol. The van der Waals surface area contributed by atoms with Crippen LogP contribution in [0.3, 0.4) is 0 Å². The molecule has 1 amide bonds. The van der Waals surface area contributed by atoms with Gasteiger partial charge in [-0.15, -0.1) is 0 Å². The Labute approximate surface area is 118 Å². The monoisotopic (exact) mass is 270 g/mol. The van der Waals surface area contributed by atoms with Crippen molar-refractivity contribution in [1.29, 1.82) is 0 Å². The van der Waals surface area contributed by atoms with Crippen molar-refractivity contribution >= 4 is 5.91 Å². The van der Waals surface area contributed by atoms with Gasteiger partial charge >= 0.3 is 0 Å². The molecule has 0 radical (unpaired) electrons. The highest BCUT2D eigenvalue weighted by atomic mass is 16.2. The standard InChI is InChI=1S/C15H18N4O/c1-18(14-6-7-16-10-14)15(20)12-2-4-13(5-3-12)19-9-8-17-11-19/h2-5,8-9,11,14,16H,6-7,10H2,1H3. The summed E-state index contributed by atoms with van der Waals surface area (Å²) in [4.78, 5) is 18.3. The molecule has 0 saturated carbocycles. The molecule has 2 heterocycles. The molecule has 2 aromatic rings. The predicted octanol–water partition coefficient (Wildman–Crippen LogP) is 1.31. The summed E-state index contributed by atoms with van der Waals surface area (Å²) in [6.07, 6.45) is 6.38. The van der Waals surface area contributed by atoms with E-state index in [0.717, 1.165) is 30.8 Å². The van der Waals surface area contributed by atoms with Crippen molar-refractivity contribution < 1.29 is 4.79 Å². The first-order valence-corrected chi connectivity index (χ1v) is 6.82. The highest BCUT2D eigenvalue weighted by molar-refractivity contribution is 5.94. The summed E-state index contributed by atoms with van der Waals surface area (Å²) >= 11 is 0. The zero-order valence-corrected chi connectivity index (χ0v) is 11.5. The topological polar surface area (TPSA) is 50.2 Å². The summed E-state index contributed by atoms with van der Waals surface area (Å²) < 4.78 is 1.92. The number of hydrogen-bond acceptors (Lipinski definition) is 3. The number of carbonyl (C=O) groups is 1. The Balaban J connectivity index is 1.75. The van der Waals surface area contributed by atoms with Gasteiger partial charge in [0.15, 0.2) is 0 Å². The molecule has 1 aromatic heterocycles. The van der Waals surface area contributed by atoms with Crippen molar-refractivity contribution in [2.24, 2.45) is 0 Å². The summed E-state index contributed by atoms with van der Waals surface area (Å²) in [6, 6.07) is 7.93. The molecule has 104 valence electrons. The maximum Gasteiger partial charge on any atom is 0.253 e. The molecule has 3 rings (SSSR count). The van der Waals surface area contributed by atoms with E-state index < -0.39 is 0 Å². The van der Waals surface area contributed by atoms with Crippen molar-refractivity contribution in [3.05, 3.63) is 48.5 Å². The first-order chi connectivity index (χ1) is 9.75. The van der Waals surface area contributed by atoms with Crippen LogP contribution < -0.4 is 5.32 Å². The van der Waals surface area contributed by atoms with E-state index in [1.54, 1.807) is 12.5 Å². The van der Waals surface area contributed by atoms with E-state index in [4.69, 9.17) is 0 Å². The van der Waals surface area contributed by atoms with Crippen LogP contribution in [-0.4, -0.2) is 46.5 Å². The number of likely N-dealkylation sites (N-methyl/N-ethyl adjacent to an activating group) is 1. The zero-order chi connectivity index (χ0) is 13.9. The lowest BCUT2D eigenvalue weighted by Crippen LogP contribution is -2.38. The molecule has 0 aliphatic carbocycles. The number of imidazole rings is 1. The number of nitrogens with one attached hydrogen (secondary N) is 1. The minimum Gasteiger partial charge on any atom is -0.337 e. The van der Waals surface area contributed by atoms with E-state index in [1.165, 1.54) is 0 Å². The van der Waals surface area contributed by atoms with Gasteiger partial charge in [0.2, 0.25) is 0 Å². The van der Waals surface area contributed by atoms with Gasteiger partial charge in [0.25, 0.3) is 5.91 Å². The largest absolute Gasteiger partial charge is 0.337 e. The molecule has 1 aliphatic heterocycles. The lowest BCUT2D eigenvalue weighted by atomic mass is 10.1. The first-order valence-electron chi connectivity index (χ1n) is 6.82. The van der Waals surface area contributed by atoms with Crippen LogP contribution in [0.2, 0.25) is 0 Å². The molecule has 5 heteroatoms. The maximum atomic E-state index is 12.4. The normalized spacial score (nSPS) is 18.1. The molecule has 1 saturated heterocycles. The molecule has 0 bridgehead atoms. The highest BCUT2D eigenvalue weighted by Gasteiger charge is 2.23. The molecule has 1 N–H and O–H groups in total. The van der Waals surface area contributed by atoms with E-state index in [-0.39, 0.29) is 5.91 Å². The van der Waals surface area contributed by atoms with Crippen LogP contribution >= 0.6 is 0 Å². The van der Waals surface area contributed by atoms with Gasteiger partial charge in [-0.3, -0.25) is 4.79 Å². The van der Waals surface area contributed by atoms with Gasteiger partial charge in [-0.05, 0) is 37.2 Å². The lowest BCUT2D eigenvalue weighted by molar-refractivity contribution is 0.0744. The molecule has 5 nitrogen and oxygen atoms in total. The van der Waals surface area contributed by atoms with E-state index in [9.17, 15) is 4.79 Å². The lowest BCUT2D eigenvalue weighted by Gasteiger charge is -2.23. The molecule has 20 heavy (non-hydrogen) atoms. The van der Waals surface area contributed by atoms with Gasteiger partial charge in [-0.1, -0.05) is 0 Å². The van der Waals surface area contributed by atoms with Crippen LogP contribution in [0.4, 0.5) is 0 Å². The number of hydrogen-bond donors (Lipinski definition) is 1. The second kappa shape index (κ2) is 5.46. The van der Waals surface area contributed by atoms with Crippen LogP contribution in [0, 0.1) is 0 Å². The molecule has 1 aromatic carbocycles. The van der Waals surface area contributed by atoms with Gasteiger partial charge in [0.05, 0.1) is 6.33 Å². The fourth-order valence-corrected chi connectivity index (χ4v) is 2.53. The molecule has 1 atom stereocenters. The first kappa shape index (κ1) is 12.9. The summed E-state index contributed by atoms with van der Waals surface area (Å²) in [5.41, 5.74) is 1.73. The Kier molecular flexibility index (Phi) is 3.52. The van der Waals surface area contributed by atoms with Gasteiger partial charge in [-0.25, -0.2) is 4.98 Å². The molecule has 1 fully saturated rings. The molecular formula is C15H18N4O. The zero-order valence-electron chi connectivity index (χ0n) is 11.5. The van der Waals surface area contributed by atoms with Gasteiger partial charge < -0.3 is 14.8 Å². The highest BCUT2D eigenvalue weighted by Crippen LogP contribution is 2.14. The van der Waals surface area contributed by atoms with Crippen LogP contribution in [-0.2, 0) is 0 Å². The van der Waals surface area contributed by atoms with Crippen molar-refractivity contribution in [3.63, 3.8) is 0 Å². The van der Waals surface area contributed by atoms with Gasteiger partial charge in [-0.2, -0.15) is 0 Å². The summed E-state index contributed by atoms with van der Waals surface area (Å²) in [7, 11) is 1.88. The van der Waals surface area contributed by atoms with Crippen LogP contribution in [0.5, 0.6) is 0 Å². The van der Waals surface area contributed by atoms with Crippen molar-refractivity contribution in [1.82, 2.24) is 19.8 Å². The van der Waals surface area contributed by atoms with Crippen molar-refractivity contribution in [3.8, 4) is 5.69 Å². The Morgan fingerprint density at radius 3 is 2.80 bits per heavy atom. The van der Waals surface area contributed by atoms with Crippen LogP contribution in [0.25, 0.3) is 5.69 Å². The van der Waals surface area contributed by atoms with E-state index in [2.05, 4.69) is 10.3 Å². The second-order valence-corrected chi connectivity index (χ2v) is 5.08. The Morgan fingerprint density at radius 1 is 1.40 bits per heavy atom. The Morgan fingerprint density at radius 2 is 2.20 bits per heavy atom. The fraction of sp³-hybridized carbons (Fsp3) is 0.333. The SMILES string of the molecule is CN(C(=O)c1ccc(-n2ccnc2)cc1)C1CCNC1. The van der Waals surface area contributed by atoms with Gasteiger partial charge in [0, 0.05) is 43.3 Å². The average molecular weight is 270 g/mol. The number of carbonyl (C=O) groups excluding carboxylic acids is 1. The fourth-order valence-electron chi connectivity index (χ4n) is 2.53. The predicted molar refractivity (Wildman–Crippen MR) is 76.9 cm³/mol. The summed E-state index contributed by atoms with van der Waals surface area (Å²) in [6.45, 7) is 1.87. The second-order valence-electron chi connectivity index (χ2n) is 5.08. The third-order valence-electron chi connectivity index (χ3n) is 3.82. The minimum atomic E-state index is 0.0795. The summed E-state index contributed by atoms with van der Waals surface area (Å²) in [5, 5.41) is 3.28. The average Bonchev–Trinajstić information content (AvgIpc) is 3.18. The van der Waals surface area contributed by atoms with Crippen LogP contribution in [0.15, 0.2) is 43.0 Å². The maximum absolute atomic E-state index is 12.4. The molecule has 1 aliphatic rings. The third-order valence-corrected chi connectivity index (χ3v) is 3.82. The number of benzene rings is 1. The van der Waals surface area contributed by atoms with Crippen molar-refractivity contribution in [2.75, 3.05) is 20.1 Å². The van der Waals surface area contributed by atoms with Crippen LogP contribution in [0.1, 0.15) is 16.8 Å². The molecule has 0 spiro atoms. The third kappa shape index (κ3) is 2.44. The smallest absolute Gasteiger partial charge is 0.253 e. The Hall–Kier alpha value is -2.14. The number of aromatic nitrogens is 2. The quantitative estimate of drug-likeness (QED) is 0.915. The minimum absolute atomic E-state index is 0.0795. The van der Waals surface area contributed by atoms with E-state index >= 15 is 0 Å². The number of nitrogens with zero attached hydrogens (tertiary/aromatic N) is 3. The van der Waals surface area contributed by atoms with Crippen molar-refractivity contribution in [2.45, 2.75) is 12.5 Å². The molecule has 1 unspecified atom stereocenters. The number of rotatable bonds is 3. The Bertz CT molecular complexity index is 570. The van der Waals surface area contributed by atoms with Gasteiger partial charge in [0.1, 0.15) is 0 Å². The van der Waals surface area contributed by atoms with E-state index in [1.807, 2.05) is 47.0 Å². The number of amides is 1. The van der Waals surface area contributed by atoms with E-state index in [0.29, 0.717) is 6.04 Å².